The molecular weight excluding hydrogens is 255 g/mol. The molecule has 1 aromatic carbocycles. The number of halogens is 1. The fourth-order valence-electron chi connectivity index (χ4n) is 1.70. The van der Waals surface area contributed by atoms with Crippen molar-refractivity contribution in [1.29, 1.82) is 0 Å². The first-order chi connectivity index (χ1) is 8.40. The second-order valence-electron chi connectivity index (χ2n) is 4.27. The third-order valence-corrected chi connectivity index (χ3v) is 4.21. The molecule has 1 unspecified atom stereocenters. The van der Waals surface area contributed by atoms with E-state index < -0.39 is 15.8 Å². The van der Waals surface area contributed by atoms with Crippen molar-refractivity contribution in [2.45, 2.75) is 44.2 Å². The van der Waals surface area contributed by atoms with Gasteiger partial charge in [0.15, 0.2) is 0 Å². The molecule has 0 aliphatic heterocycles. The van der Waals surface area contributed by atoms with E-state index in [9.17, 15) is 12.8 Å². The summed E-state index contributed by atoms with van der Waals surface area (Å²) >= 11 is 0. The third-order valence-electron chi connectivity index (χ3n) is 2.63. The van der Waals surface area contributed by atoms with Gasteiger partial charge in [0, 0.05) is 18.2 Å². The largest absolute Gasteiger partial charge is 0.326 e. The van der Waals surface area contributed by atoms with Crippen LogP contribution in [-0.2, 0) is 16.6 Å². The van der Waals surface area contributed by atoms with Crippen LogP contribution in [0.4, 0.5) is 4.39 Å². The summed E-state index contributed by atoms with van der Waals surface area (Å²) in [4.78, 5) is 0.0484. The van der Waals surface area contributed by atoms with Crippen molar-refractivity contribution in [3.05, 3.63) is 29.6 Å². The van der Waals surface area contributed by atoms with Gasteiger partial charge in [-0.1, -0.05) is 13.3 Å². The van der Waals surface area contributed by atoms with Crippen LogP contribution in [0.15, 0.2) is 23.1 Å². The van der Waals surface area contributed by atoms with E-state index in [1.807, 2.05) is 6.92 Å². The second kappa shape index (κ2) is 6.26. The van der Waals surface area contributed by atoms with Crippen LogP contribution >= 0.6 is 0 Å². The standard InChI is InChI=1S/C12H19FN2O2S/c1-3-4-9(2)15-18(16,17)11-5-6-12(13)10(7-11)8-14/h5-7,9,15H,3-4,8,14H2,1-2H3. The molecule has 18 heavy (non-hydrogen) atoms. The molecule has 0 fully saturated rings. The molecule has 0 amide bonds. The lowest BCUT2D eigenvalue weighted by molar-refractivity contribution is 0.543. The Morgan fingerprint density at radius 3 is 2.67 bits per heavy atom. The Morgan fingerprint density at radius 1 is 1.44 bits per heavy atom. The average molecular weight is 274 g/mol. The number of nitrogens with one attached hydrogen (secondary N) is 1. The lowest BCUT2D eigenvalue weighted by Gasteiger charge is -2.13. The lowest BCUT2D eigenvalue weighted by atomic mass is 10.2. The molecule has 102 valence electrons. The van der Waals surface area contributed by atoms with Crippen molar-refractivity contribution in [2.75, 3.05) is 0 Å². The van der Waals surface area contributed by atoms with Crippen molar-refractivity contribution in [3.8, 4) is 0 Å². The van der Waals surface area contributed by atoms with Gasteiger partial charge in [-0.05, 0) is 31.5 Å². The molecule has 0 spiro atoms. The Morgan fingerprint density at radius 2 is 2.11 bits per heavy atom. The second-order valence-corrected chi connectivity index (χ2v) is 5.98. The van der Waals surface area contributed by atoms with Crippen LogP contribution in [-0.4, -0.2) is 14.5 Å². The SMILES string of the molecule is CCCC(C)NS(=O)(=O)c1ccc(F)c(CN)c1. The van der Waals surface area contributed by atoms with Gasteiger partial charge in [-0.2, -0.15) is 0 Å². The molecule has 0 saturated carbocycles. The van der Waals surface area contributed by atoms with Crippen LogP contribution in [0.1, 0.15) is 32.3 Å². The lowest BCUT2D eigenvalue weighted by Crippen LogP contribution is -2.32. The number of hydrogen-bond acceptors (Lipinski definition) is 3. The van der Waals surface area contributed by atoms with Gasteiger partial charge in [0.2, 0.25) is 10.0 Å². The highest BCUT2D eigenvalue weighted by Crippen LogP contribution is 2.15. The summed E-state index contributed by atoms with van der Waals surface area (Å²) in [5.41, 5.74) is 5.55. The first kappa shape index (κ1) is 15.1. The van der Waals surface area contributed by atoms with Crippen LogP contribution in [0.25, 0.3) is 0 Å². The Labute approximate surface area is 107 Å². The van der Waals surface area contributed by atoms with Crippen molar-refractivity contribution in [3.63, 3.8) is 0 Å². The Balaban J connectivity index is 2.98. The molecule has 0 saturated heterocycles. The van der Waals surface area contributed by atoms with Gasteiger partial charge in [0.1, 0.15) is 5.82 Å². The quantitative estimate of drug-likeness (QED) is 0.830. The average Bonchev–Trinajstić information content (AvgIpc) is 2.28. The highest BCUT2D eigenvalue weighted by molar-refractivity contribution is 7.89. The van der Waals surface area contributed by atoms with Crippen LogP contribution in [0.3, 0.4) is 0 Å². The Kier molecular flexibility index (Phi) is 5.25. The van der Waals surface area contributed by atoms with E-state index >= 15 is 0 Å². The maximum absolute atomic E-state index is 13.2. The molecule has 4 nitrogen and oxygen atoms in total. The number of rotatable bonds is 6. The summed E-state index contributed by atoms with van der Waals surface area (Å²) in [6, 6.07) is 3.50. The highest BCUT2D eigenvalue weighted by Gasteiger charge is 2.18. The summed E-state index contributed by atoms with van der Waals surface area (Å²) in [6.07, 6.45) is 1.64. The molecule has 0 radical (unpaired) electrons. The summed E-state index contributed by atoms with van der Waals surface area (Å²) in [5.74, 6) is -0.488. The minimum atomic E-state index is -3.60. The molecule has 1 atom stereocenters. The Hall–Kier alpha value is -0.980. The van der Waals surface area contributed by atoms with E-state index in [0.29, 0.717) is 0 Å². The zero-order chi connectivity index (χ0) is 13.8. The van der Waals surface area contributed by atoms with E-state index in [2.05, 4.69) is 4.72 Å². The molecule has 0 aliphatic carbocycles. The third kappa shape index (κ3) is 3.76. The van der Waals surface area contributed by atoms with Gasteiger partial charge in [-0.25, -0.2) is 17.5 Å². The minimum absolute atomic E-state index is 0.0281. The minimum Gasteiger partial charge on any atom is -0.326 e. The van der Waals surface area contributed by atoms with Gasteiger partial charge in [-0.15, -0.1) is 0 Å². The molecule has 0 aromatic heterocycles. The molecule has 6 heteroatoms. The number of benzene rings is 1. The van der Waals surface area contributed by atoms with Gasteiger partial charge in [0.25, 0.3) is 0 Å². The van der Waals surface area contributed by atoms with E-state index in [1.54, 1.807) is 6.92 Å². The van der Waals surface area contributed by atoms with E-state index in [0.717, 1.165) is 18.9 Å². The maximum atomic E-state index is 13.2. The Bertz CT molecular complexity index is 503. The highest BCUT2D eigenvalue weighted by atomic mass is 32.2. The van der Waals surface area contributed by atoms with E-state index in [1.165, 1.54) is 12.1 Å². The predicted molar refractivity (Wildman–Crippen MR) is 69.0 cm³/mol. The molecule has 1 rings (SSSR count). The van der Waals surface area contributed by atoms with Crippen LogP contribution in [0.2, 0.25) is 0 Å². The molecular formula is C12H19FN2O2S. The fourth-order valence-corrected chi connectivity index (χ4v) is 3.03. The van der Waals surface area contributed by atoms with Crippen LogP contribution < -0.4 is 10.5 Å². The predicted octanol–water partition coefficient (Wildman–Crippen LogP) is 1.75. The topological polar surface area (TPSA) is 72.2 Å². The van der Waals surface area contributed by atoms with Crippen molar-refractivity contribution >= 4 is 10.0 Å². The summed E-state index contributed by atoms with van der Waals surface area (Å²) in [6.45, 7) is 3.75. The van der Waals surface area contributed by atoms with Crippen LogP contribution in [0, 0.1) is 5.82 Å². The summed E-state index contributed by atoms with van der Waals surface area (Å²) in [7, 11) is -3.60. The first-order valence-corrected chi connectivity index (χ1v) is 7.39. The first-order valence-electron chi connectivity index (χ1n) is 5.91. The summed E-state index contributed by atoms with van der Waals surface area (Å²) in [5, 5.41) is 0. The normalized spacial score (nSPS) is 13.6. The molecule has 1 aromatic rings. The molecule has 0 aliphatic rings. The smallest absolute Gasteiger partial charge is 0.240 e. The molecule has 0 bridgehead atoms. The van der Waals surface area contributed by atoms with Gasteiger partial charge < -0.3 is 5.73 Å². The van der Waals surface area contributed by atoms with Gasteiger partial charge >= 0.3 is 0 Å². The maximum Gasteiger partial charge on any atom is 0.240 e. The zero-order valence-corrected chi connectivity index (χ0v) is 11.4. The molecule has 0 heterocycles. The van der Waals surface area contributed by atoms with Crippen molar-refractivity contribution in [1.82, 2.24) is 4.72 Å². The molecule has 3 N–H and O–H groups in total. The number of sulfonamides is 1. The van der Waals surface area contributed by atoms with Crippen LogP contribution in [0.5, 0.6) is 0 Å². The number of hydrogen-bond donors (Lipinski definition) is 2. The van der Waals surface area contributed by atoms with E-state index in [4.69, 9.17) is 5.73 Å². The fraction of sp³-hybridized carbons (Fsp3) is 0.500. The summed E-state index contributed by atoms with van der Waals surface area (Å²) < 4.78 is 39.8. The zero-order valence-electron chi connectivity index (χ0n) is 10.6. The van der Waals surface area contributed by atoms with Crippen molar-refractivity contribution in [2.24, 2.45) is 5.73 Å². The monoisotopic (exact) mass is 274 g/mol. The van der Waals surface area contributed by atoms with E-state index in [-0.39, 0.29) is 23.0 Å². The van der Waals surface area contributed by atoms with Crippen molar-refractivity contribution < 1.29 is 12.8 Å². The number of nitrogens with two attached hydrogens (primary N) is 1. The van der Waals surface area contributed by atoms with Gasteiger partial charge in [-0.3, -0.25) is 0 Å². The van der Waals surface area contributed by atoms with Gasteiger partial charge in [0.05, 0.1) is 4.90 Å².